The van der Waals surface area contributed by atoms with E-state index in [1.54, 1.807) is 0 Å². The molecule has 0 heteroatoms. The first-order valence-electron chi connectivity index (χ1n) is 15.9. The number of hydrogen-bond acceptors (Lipinski definition) is 0. The Labute approximate surface area is 262 Å². The van der Waals surface area contributed by atoms with Gasteiger partial charge in [0.25, 0.3) is 0 Å². The molecular formula is C45H30. The summed E-state index contributed by atoms with van der Waals surface area (Å²) >= 11 is 0. The van der Waals surface area contributed by atoms with Crippen molar-refractivity contribution in [3.05, 3.63) is 157 Å². The summed E-state index contributed by atoms with van der Waals surface area (Å²) in [5.41, 5.74) is 10.6. The smallest absolute Gasteiger partial charge is 0.0159 e. The Morgan fingerprint density at radius 2 is 0.778 bits per heavy atom. The molecule has 210 valence electrons. The van der Waals surface area contributed by atoms with Crippen LogP contribution in [0, 0.1) is 0 Å². The molecule has 9 aromatic carbocycles. The first-order chi connectivity index (χ1) is 22.1. The van der Waals surface area contributed by atoms with E-state index in [0.717, 1.165) is 0 Å². The van der Waals surface area contributed by atoms with Crippen LogP contribution in [0.25, 0.3) is 87.2 Å². The summed E-state index contributed by atoms with van der Waals surface area (Å²) in [6, 6.07) is 54.7. The van der Waals surface area contributed by atoms with Gasteiger partial charge in [-0.3, -0.25) is 0 Å². The average Bonchev–Trinajstić information content (AvgIpc) is 3.09. The molecule has 0 aromatic heterocycles. The van der Waals surface area contributed by atoms with E-state index in [2.05, 4.69) is 159 Å². The molecule has 0 spiro atoms. The molecule has 0 bridgehead atoms. The van der Waals surface area contributed by atoms with E-state index in [4.69, 9.17) is 0 Å². The van der Waals surface area contributed by atoms with Crippen LogP contribution in [0.3, 0.4) is 0 Å². The molecule has 0 saturated carbocycles. The van der Waals surface area contributed by atoms with E-state index in [9.17, 15) is 0 Å². The second-order valence-corrected chi connectivity index (χ2v) is 13.2. The van der Waals surface area contributed by atoms with Crippen LogP contribution in [0.4, 0.5) is 0 Å². The third-order valence-electron chi connectivity index (χ3n) is 10.6. The highest BCUT2D eigenvalue weighted by molar-refractivity contribution is 6.27. The Morgan fingerprint density at radius 1 is 0.289 bits per heavy atom. The van der Waals surface area contributed by atoms with Gasteiger partial charge in [0.1, 0.15) is 0 Å². The molecule has 0 N–H and O–H groups in total. The van der Waals surface area contributed by atoms with E-state index < -0.39 is 0 Å². The van der Waals surface area contributed by atoms with Crippen molar-refractivity contribution >= 4 is 53.9 Å². The van der Waals surface area contributed by atoms with Crippen molar-refractivity contribution < 1.29 is 0 Å². The highest BCUT2D eigenvalue weighted by atomic mass is 14.4. The first-order valence-corrected chi connectivity index (χ1v) is 15.9. The van der Waals surface area contributed by atoms with Gasteiger partial charge in [0.05, 0.1) is 0 Å². The van der Waals surface area contributed by atoms with E-state index in [1.165, 1.54) is 98.4 Å². The Hall–Kier alpha value is -5.46. The summed E-state index contributed by atoms with van der Waals surface area (Å²) < 4.78 is 0. The molecule has 0 nitrogen and oxygen atoms in total. The molecule has 0 radical (unpaired) electrons. The lowest BCUT2D eigenvalue weighted by molar-refractivity contribution is 0.645. The number of hydrogen-bond donors (Lipinski definition) is 0. The third-order valence-corrected chi connectivity index (χ3v) is 10.6. The number of rotatable bonds is 2. The Kier molecular flexibility index (Phi) is 4.88. The second kappa shape index (κ2) is 8.80. The monoisotopic (exact) mass is 570 g/mol. The van der Waals surface area contributed by atoms with Gasteiger partial charge in [-0.1, -0.05) is 159 Å². The topological polar surface area (TPSA) is 0 Å². The molecule has 1 aliphatic carbocycles. The minimum absolute atomic E-state index is 0.0760. The first kappa shape index (κ1) is 24.9. The van der Waals surface area contributed by atoms with Crippen molar-refractivity contribution in [3.63, 3.8) is 0 Å². The lowest BCUT2D eigenvalue weighted by Gasteiger charge is -2.35. The van der Waals surface area contributed by atoms with Gasteiger partial charge < -0.3 is 0 Å². The SMILES string of the molecule is CC1(C)c2ccccc2-c2cccc3c(-c4cccc5cccc(-c6ccc7ccc8cccc9ccc6c7c89)c45)ccc1c23. The van der Waals surface area contributed by atoms with Gasteiger partial charge >= 0.3 is 0 Å². The van der Waals surface area contributed by atoms with Crippen LogP contribution in [0.15, 0.2) is 146 Å². The largest absolute Gasteiger partial charge is 0.0619 e. The number of fused-ring (bicyclic) bond motifs is 3. The van der Waals surface area contributed by atoms with E-state index in [-0.39, 0.29) is 5.41 Å². The zero-order chi connectivity index (χ0) is 29.9. The fourth-order valence-corrected chi connectivity index (χ4v) is 8.55. The van der Waals surface area contributed by atoms with Crippen LogP contribution in [0.2, 0.25) is 0 Å². The molecule has 0 unspecified atom stereocenters. The second-order valence-electron chi connectivity index (χ2n) is 13.2. The molecule has 9 aromatic rings. The van der Waals surface area contributed by atoms with Crippen molar-refractivity contribution in [1.29, 1.82) is 0 Å². The van der Waals surface area contributed by atoms with Gasteiger partial charge in [-0.2, -0.15) is 0 Å². The summed E-state index contributed by atoms with van der Waals surface area (Å²) in [5, 5.41) is 13.2. The molecule has 1 aliphatic rings. The summed E-state index contributed by atoms with van der Waals surface area (Å²) in [7, 11) is 0. The quantitative estimate of drug-likeness (QED) is 0.181. The molecule has 0 heterocycles. The van der Waals surface area contributed by atoms with Crippen molar-refractivity contribution in [2.75, 3.05) is 0 Å². The van der Waals surface area contributed by atoms with Gasteiger partial charge in [-0.25, -0.2) is 0 Å². The lowest BCUT2D eigenvalue weighted by atomic mass is 9.68. The zero-order valence-corrected chi connectivity index (χ0v) is 25.4. The molecule has 0 aliphatic heterocycles. The lowest BCUT2D eigenvalue weighted by Crippen LogP contribution is -2.23. The van der Waals surface area contributed by atoms with Gasteiger partial charge in [0.2, 0.25) is 0 Å². The fraction of sp³-hybridized carbons (Fsp3) is 0.0667. The van der Waals surface area contributed by atoms with Crippen LogP contribution < -0.4 is 0 Å². The van der Waals surface area contributed by atoms with Crippen LogP contribution in [0.1, 0.15) is 25.0 Å². The van der Waals surface area contributed by atoms with Crippen molar-refractivity contribution in [3.8, 4) is 33.4 Å². The molecule has 0 atom stereocenters. The molecular weight excluding hydrogens is 540 g/mol. The maximum absolute atomic E-state index is 2.40. The predicted octanol–water partition coefficient (Wildman–Crippen LogP) is 12.5. The highest BCUT2D eigenvalue weighted by Crippen LogP contribution is 2.51. The molecule has 0 fully saturated rings. The minimum atomic E-state index is -0.0760. The van der Waals surface area contributed by atoms with Gasteiger partial charge in [-0.15, -0.1) is 0 Å². The van der Waals surface area contributed by atoms with Crippen LogP contribution >= 0.6 is 0 Å². The van der Waals surface area contributed by atoms with Crippen molar-refractivity contribution in [2.45, 2.75) is 19.3 Å². The van der Waals surface area contributed by atoms with Gasteiger partial charge in [0.15, 0.2) is 0 Å². The van der Waals surface area contributed by atoms with Crippen LogP contribution in [0.5, 0.6) is 0 Å². The Bertz CT molecular complexity index is 2650. The Balaban J connectivity index is 1.30. The zero-order valence-electron chi connectivity index (χ0n) is 25.4. The highest BCUT2D eigenvalue weighted by Gasteiger charge is 2.33. The van der Waals surface area contributed by atoms with Crippen LogP contribution in [-0.4, -0.2) is 0 Å². The minimum Gasteiger partial charge on any atom is -0.0619 e. The maximum atomic E-state index is 2.40. The fourth-order valence-electron chi connectivity index (χ4n) is 8.55. The number of benzene rings is 9. The summed E-state index contributed by atoms with van der Waals surface area (Å²) in [5.74, 6) is 0. The predicted molar refractivity (Wildman–Crippen MR) is 194 cm³/mol. The molecule has 45 heavy (non-hydrogen) atoms. The average molecular weight is 571 g/mol. The van der Waals surface area contributed by atoms with E-state index in [0.29, 0.717) is 0 Å². The maximum Gasteiger partial charge on any atom is 0.0159 e. The van der Waals surface area contributed by atoms with Crippen molar-refractivity contribution in [1.82, 2.24) is 0 Å². The summed E-state index contributed by atoms with van der Waals surface area (Å²) in [6.45, 7) is 4.75. The summed E-state index contributed by atoms with van der Waals surface area (Å²) in [6.07, 6.45) is 0. The van der Waals surface area contributed by atoms with E-state index in [1.807, 2.05) is 0 Å². The Morgan fingerprint density at radius 3 is 1.51 bits per heavy atom. The van der Waals surface area contributed by atoms with Crippen LogP contribution in [-0.2, 0) is 5.41 Å². The van der Waals surface area contributed by atoms with Crippen molar-refractivity contribution in [2.24, 2.45) is 0 Å². The molecule has 0 saturated heterocycles. The van der Waals surface area contributed by atoms with E-state index >= 15 is 0 Å². The standard InChI is InChI=1S/C45H30/c1-45(2)39-18-4-3-13-33(39)37-17-8-16-36-32(25-26-40(45)44(36)37)35-15-7-12-27-11-6-14-34(42(27)35)31-23-21-30-20-19-28-9-5-10-29-22-24-38(31)43(30)41(28)29/h3-26H,1-2H3. The summed E-state index contributed by atoms with van der Waals surface area (Å²) in [4.78, 5) is 0. The van der Waals surface area contributed by atoms with Gasteiger partial charge in [0, 0.05) is 5.41 Å². The molecule has 10 rings (SSSR count). The van der Waals surface area contributed by atoms with Gasteiger partial charge in [-0.05, 0) is 98.4 Å². The normalized spacial score (nSPS) is 13.7. The third kappa shape index (κ3) is 3.27. The molecule has 0 amide bonds.